The summed E-state index contributed by atoms with van der Waals surface area (Å²) in [5.41, 5.74) is 2.76. The van der Waals surface area contributed by atoms with Crippen molar-refractivity contribution in [2.45, 2.75) is 6.92 Å². The first-order valence-electron chi connectivity index (χ1n) is 4.76. The van der Waals surface area contributed by atoms with Crippen LogP contribution in [0.1, 0.15) is 15.9 Å². The average molecular weight is 232 g/mol. The summed E-state index contributed by atoms with van der Waals surface area (Å²) in [6.45, 7) is 1.79. The molecule has 16 heavy (non-hydrogen) atoms. The average Bonchev–Trinajstić information content (AvgIpc) is 2.75. The van der Waals surface area contributed by atoms with Crippen LogP contribution in [0.15, 0.2) is 23.7 Å². The minimum atomic E-state index is -0.899. The van der Waals surface area contributed by atoms with Crippen LogP contribution in [0.3, 0.4) is 0 Å². The van der Waals surface area contributed by atoms with Crippen molar-refractivity contribution in [3.8, 4) is 0 Å². The van der Waals surface area contributed by atoms with Gasteiger partial charge >= 0.3 is 5.97 Å². The molecule has 0 atom stereocenters. The number of carboxylic acid groups (broad SMARTS) is 1. The molecule has 5 heteroatoms. The predicted molar refractivity (Wildman–Crippen MR) is 62.3 cm³/mol. The number of rotatable bonds is 1. The highest BCUT2D eigenvalue weighted by Crippen LogP contribution is 2.23. The molecule has 0 fully saturated rings. The van der Waals surface area contributed by atoms with E-state index in [2.05, 4.69) is 4.98 Å². The Kier molecular flexibility index (Phi) is 1.79. The molecule has 3 aromatic rings. The maximum absolute atomic E-state index is 11.0. The topological polar surface area (TPSA) is 54.6 Å². The van der Waals surface area contributed by atoms with Crippen LogP contribution in [0.25, 0.3) is 16.0 Å². The Bertz CT molecular complexity index is 711. The number of nitrogens with zero attached hydrogens (tertiary/aromatic N) is 2. The van der Waals surface area contributed by atoms with Crippen molar-refractivity contribution < 1.29 is 9.90 Å². The summed E-state index contributed by atoms with van der Waals surface area (Å²) in [5, 5.41) is 11.0. The second-order valence-corrected chi connectivity index (χ2v) is 4.50. The van der Waals surface area contributed by atoms with E-state index < -0.39 is 5.97 Å². The van der Waals surface area contributed by atoms with E-state index >= 15 is 0 Å². The highest BCUT2D eigenvalue weighted by molar-refractivity contribution is 7.15. The molecule has 2 aromatic heterocycles. The number of aryl methyl sites for hydroxylation is 1. The molecule has 0 bridgehead atoms. The number of imidazole rings is 1. The van der Waals surface area contributed by atoms with Crippen molar-refractivity contribution in [3.63, 3.8) is 0 Å². The lowest BCUT2D eigenvalue weighted by Crippen LogP contribution is -1.99. The largest absolute Gasteiger partial charge is 0.478 e. The lowest BCUT2D eigenvalue weighted by molar-refractivity contribution is 0.0696. The molecule has 0 unspecified atom stereocenters. The normalized spacial score (nSPS) is 11.3. The van der Waals surface area contributed by atoms with Gasteiger partial charge in [-0.15, -0.1) is 11.3 Å². The number of benzene rings is 1. The van der Waals surface area contributed by atoms with Gasteiger partial charge in [-0.3, -0.25) is 4.40 Å². The number of carboxylic acids is 1. The predicted octanol–water partition coefficient (Wildman–Crippen LogP) is 2.56. The third-order valence-electron chi connectivity index (χ3n) is 2.62. The fraction of sp³-hybridized carbons (Fsp3) is 0.0909. The Morgan fingerprint density at radius 1 is 1.50 bits per heavy atom. The Morgan fingerprint density at radius 3 is 3.06 bits per heavy atom. The molecular formula is C11H8N2O2S. The fourth-order valence-electron chi connectivity index (χ4n) is 1.83. The minimum absolute atomic E-state index is 0.334. The van der Waals surface area contributed by atoms with E-state index in [1.165, 1.54) is 11.3 Å². The molecule has 0 aliphatic carbocycles. The zero-order valence-corrected chi connectivity index (χ0v) is 9.28. The van der Waals surface area contributed by atoms with Crippen molar-refractivity contribution in [2.24, 2.45) is 0 Å². The standard InChI is InChI=1S/C11H8N2O2S/c1-6-4-8-9(5-7(6)10(14)15)13-2-3-16-11(13)12-8/h2-5H,1H3,(H,14,15). The number of thiazole rings is 1. The van der Waals surface area contributed by atoms with Crippen LogP contribution in [0, 0.1) is 6.92 Å². The molecule has 0 saturated carbocycles. The van der Waals surface area contributed by atoms with Crippen LogP contribution in [0.4, 0.5) is 0 Å². The van der Waals surface area contributed by atoms with Crippen molar-refractivity contribution in [1.29, 1.82) is 0 Å². The highest BCUT2D eigenvalue weighted by Gasteiger charge is 2.12. The van der Waals surface area contributed by atoms with E-state index in [1.54, 1.807) is 13.0 Å². The summed E-state index contributed by atoms with van der Waals surface area (Å²) in [6, 6.07) is 3.50. The van der Waals surface area contributed by atoms with Gasteiger partial charge in [0.15, 0.2) is 4.96 Å². The van der Waals surface area contributed by atoms with Crippen molar-refractivity contribution in [2.75, 3.05) is 0 Å². The molecule has 0 aliphatic heterocycles. The summed E-state index contributed by atoms with van der Waals surface area (Å²) in [4.78, 5) is 16.3. The Balaban J connectivity index is 2.47. The molecule has 2 heterocycles. The second-order valence-electron chi connectivity index (χ2n) is 3.63. The monoisotopic (exact) mass is 232 g/mol. The smallest absolute Gasteiger partial charge is 0.336 e. The molecule has 3 rings (SSSR count). The first-order chi connectivity index (χ1) is 7.66. The third-order valence-corrected chi connectivity index (χ3v) is 3.37. The number of hydrogen-bond acceptors (Lipinski definition) is 3. The van der Waals surface area contributed by atoms with Crippen LogP contribution in [-0.4, -0.2) is 20.5 Å². The number of aromatic carboxylic acids is 1. The molecule has 1 aromatic carbocycles. The molecule has 80 valence electrons. The maximum Gasteiger partial charge on any atom is 0.336 e. The van der Waals surface area contributed by atoms with Crippen LogP contribution >= 0.6 is 11.3 Å². The first-order valence-corrected chi connectivity index (χ1v) is 5.64. The number of aromatic nitrogens is 2. The summed E-state index contributed by atoms with van der Waals surface area (Å²) in [6.07, 6.45) is 1.90. The number of fused-ring (bicyclic) bond motifs is 3. The van der Waals surface area contributed by atoms with Gasteiger partial charge in [0.25, 0.3) is 0 Å². The van der Waals surface area contributed by atoms with Crippen molar-refractivity contribution in [3.05, 3.63) is 34.8 Å². The second kappa shape index (κ2) is 3.05. The van der Waals surface area contributed by atoms with Crippen LogP contribution < -0.4 is 0 Å². The summed E-state index contributed by atoms with van der Waals surface area (Å²) in [5.74, 6) is -0.899. The van der Waals surface area contributed by atoms with Gasteiger partial charge in [-0.1, -0.05) is 0 Å². The molecule has 1 N–H and O–H groups in total. The molecule has 0 saturated heterocycles. The van der Waals surface area contributed by atoms with Gasteiger partial charge in [0.2, 0.25) is 0 Å². The van der Waals surface area contributed by atoms with Crippen LogP contribution in [0.5, 0.6) is 0 Å². The summed E-state index contributed by atoms with van der Waals surface area (Å²) in [7, 11) is 0. The van der Waals surface area contributed by atoms with Gasteiger partial charge < -0.3 is 5.11 Å². The van der Waals surface area contributed by atoms with Crippen molar-refractivity contribution >= 4 is 33.3 Å². The van der Waals surface area contributed by atoms with E-state index in [-0.39, 0.29) is 0 Å². The molecule has 0 amide bonds. The van der Waals surface area contributed by atoms with Gasteiger partial charge in [0.05, 0.1) is 16.6 Å². The lowest BCUT2D eigenvalue weighted by Gasteiger charge is -2.00. The number of carbonyl (C=O) groups is 1. The Hall–Kier alpha value is -1.88. The van der Waals surface area contributed by atoms with Crippen molar-refractivity contribution in [1.82, 2.24) is 9.38 Å². The summed E-state index contributed by atoms with van der Waals surface area (Å²) >= 11 is 1.54. The minimum Gasteiger partial charge on any atom is -0.478 e. The molecule has 0 aliphatic rings. The molecule has 0 radical (unpaired) electrons. The van der Waals surface area contributed by atoms with E-state index in [9.17, 15) is 4.79 Å². The Morgan fingerprint density at radius 2 is 2.31 bits per heavy atom. The van der Waals surface area contributed by atoms with Gasteiger partial charge in [0.1, 0.15) is 0 Å². The van der Waals surface area contributed by atoms with Gasteiger partial charge in [0, 0.05) is 11.6 Å². The molecule has 4 nitrogen and oxygen atoms in total. The zero-order chi connectivity index (χ0) is 11.3. The third kappa shape index (κ3) is 1.15. The fourth-order valence-corrected chi connectivity index (χ4v) is 2.56. The molecule has 0 spiro atoms. The maximum atomic E-state index is 11.0. The van der Waals surface area contributed by atoms with Gasteiger partial charge in [-0.2, -0.15) is 0 Å². The number of hydrogen-bond donors (Lipinski definition) is 1. The quantitative estimate of drug-likeness (QED) is 0.701. The van der Waals surface area contributed by atoms with E-state index in [0.29, 0.717) is 5.56 Å². The Labute approximate surface area is 94.8 Å². The van der Waals surface area contributed by atoms with Crippen LogP contribution in [-0.2, 0) is 0 Å². The zero-order valence-electron chi connectivity index (χ0n) is 8.47. The highest BCUT2D eigenvalue weighted by atomic mass is 32.1. The SMILES string of the molecule is Cc1cc2nc3sccn3c2cc1C(=O)O. The van der Waals surface area contributed by atoms with Gasteiger partial charge in [-0.05, 0) is 24.6 Å². The van der Waals surface area contributed by atoms with E-state index in [1.807, 2.05) is 22.0 Å². The molecular weight excluding hydrogens is 224 g/mol. The first kappa shape index (κ1) is 9.35. The van der Waals surface area contributed by atoms with Gasteiger partial charge in [-0.25, -0.2) is 9.78 Å². The summed E-state index contributed by atoms with van der Waals surface area (Å²) < 4.78 is 1.91. The lowest BCUT2D eigenvalue weighted by atomic mass is 10.1. The van der Waals surface area contributed by atoms with Crippen LogP contribution in [0.2, 0.25) is 0 Å². The van der Waals surface area contributed by atoms with E-state index in [4.69, 9.17) is 5.11 Å². The van der Waals surface area contributed by atoms with E-state index in [0.717, 1.165) is 21.6 Å².